The molecule has 0 bridgehead atoms. The van der Waals surface area contributed by atoms with E-state index in [1.165, 1.54) is 0 Å². The van der Waals surface area contributed by atoms with Gasteiger partial charge in [0, 0.05) is 52.3 Å². The molecule has 2 fully saturated rings. The number of nitrogen functional groups attached to an aromatic ring is 1. The average molecular weight is 454 g/mol. The monoisotopic (exact) mass is 453 g/mol. The normalized spacial score (nSPS) is 23.9. The molecule has 2 aromatic rings. The minimum absolute atomic E-state index is 0.0101. The number of thiophene rings is 1. The van der Waals surface area contributed by atoms with Crippen molar-refractivity contribution in [1.29, 1.82) is 5.41 Å². The quantitative estimate of drug-likeness (QED) is 0.428. The first kappa shape index (κ1) is 22.5. The van der Waals surface area contributed by atoms with Crippen LogP contribution in [0.1, 0.15) is 51.0 Å². The average Bonchev–Trinajstić information content (AvgIpc) is 3.32. The molecule has 1 saturated heterocycles. The first-order valence-electron chi connectivity index (χ1n) is 11.4. The van der Waals surface area contributed by atoms with Gasteiger partial charge in [0.15, 0.2) is 0 Å². The molecule has 1 aliphatic carbocycles. The van der Waals surface area contributed by atoms with E-state index in [1.54, 1.807) is 17.4 Å². The predicted octanol–water partition coefficient (Wildman–Crippen LogP) is 4.88. The number of aliphatic carboxylic acids is 1. The summed E-state index contributed by atoms with van der Waals surface area (Å²) in [7, 11) is 0. The highest BCUT2D eigenvalue weighted by Gasteiger charge is 2.43. The molecular formula is C25H31N3O3S. The van der Waals surface area contributed by atoms with Gasteiger partial charge in [-0.25, -0.2) is 0 Å². The van der Waals surface area contributed by atoms with Gasteiger partial charge >= 0.3 is 5.97 Å². The van der Waals surface area contributed by atoms with Crippen molar-refractivity contribution in [1.82, 2.24) is 4.90 Å². The van der Waals surface area contributed by atoms with Crippen LogP contribution < -0.4 is 5.73 Å². The van der Waals surface area contributed by atoms with Crippen LogP contribution in [0.15, 0.2) is 35.7 Å². The van der Waals surface area contributed by atoms with Crippen LogP contribution >= 0.6 is 11.3 Å². The van der Waals surface area contributed by atoms with Crippen molar-refractivity contribution in [2.24, 2.45) is 17.8 Å². The van der Waals surface area contributed by atoms with Gasteiger partial charge in [0.05, 0.1) is 5.92 Å². The Morgan fingerprint density at radius 1 is 1.22 bits per heavy atom. The number of carbonyl (C=O) groups is 2. The highest BCUT2D eigenvalue weighted by Crippen LogP contribution is 2.40. The van der Waals surface area contributed by atoms with Crippen molar-refractivity contribution in [2.75, 3.05) is 12.3 Å². The summed E-state index contributed by atoms with van der Waals surface area (Å²) < 4.78 is 0. The van der Waals surface area contributed by atoms with Crippen LogP contribution in [0, 0.1) is 23.2 Å². The van der Waals surface area contributed by atoms with Crippen LogP contribution in [-0.4, -0.2) is 40.2 Å². The first-order valence-corrected chi connectivity index (χ1v) is 12.3. The lowest BCUT2D eigenvalue weighted by Crippen LogP contribution is -2.53. The zero-order valence-corrected chi connectivity index (χ0v) is 19.2. The number of anilines is 1. The van der Waals surface area contributed by atoms with Crippen LogP contribution in [-0.2, 0) is 9.59 Å². The van der Waals surface area contributed by atoms with Crippen LogP contribution in [0.3, 0.4) is 0 Å². The van der Waals surface area contributed by atoms with Gasteiger partial charge < -0.3 is 21.1 Å². The van der Waals surface area contributed by atoms with Crippen LogP contribution in [0.2, 0.25) is 0 Å². The fraction of sp³-hybridized carbons (Fsp3) is 0.480. The topological polar surface area (TPSA) is 107 Å². The maximum absolute atomic E-state index is 13.3. The number of fused-ring (bicyclic) bond motifs is 1. The molecule has 0 spiro atoms. The van der Waals surface area contributed by atoms with E-state index in [9.17, 15) is 14.7 Å². The molecule has 4 unspecified atom stereocenters. The number of benzene rings is 1. The van der Waals surface area contributed by atoms with Crippen molar-refractivity contribution >= 4 is 34.6 Å². The molecular weight excluding hydrogens is 422 g/mol. The van der Waals surface area contributed by atoms with E-state index in [4.69, 9.17) is 11.1 Å². The second-order valence-corrected chi connectivity index (χ2v) is 10.0. The minimum atomic E-state index is -0.732. The van der Waals surface area contributed by atoms with Crippen molar-refractivity contribution in [3.8, 4) is 10.4 Å². The summed E-state index contributed by atoms with van der Waals surface area (Å²) >= 11 is 1.60. The lowest BCUT2D eigenvalue weighted by atomic mass is 9.71. The van der Waals surface area contributed by atoms with Crippen molar-refractivity contribution < 1.29 is 14.7 Å². The van der Waals surface area contributed by atoms with E-state index in [-0.39, 0.29) is 36.1 Å². The van der Waals surface area contributed by atoms with E-state index in [2.05, 4.69) is 0 Å². The molecule has 2 aliphatic rings. The maximum Gasteiger partial charge on any atom is 0.306 e. The summed E-state index contributed by atoms with van der Waals surface area (Å²) in [5.74, 6) is -1.30. The third kappa shape index (κ3) is 4.31. The second kappa shape index (κ2) is 9.45. The molecule has 1 aromatic carbocycles. The number of amides is 1. The van der Waals surface area contributed by atoms with Gasteiger partial charge in [-0.15, -0.1) is 11.3 Å². The number of hydrogen-bond donors (Lipinski definition) is 3. The van der Waals surface area contributed by atoms with Gasteiger partial charge in [0.1, 0.15) is 0 Å². The zero-order chi connectivity index (χ0) is 22.8. The highest BCUT2D eigenvalue weighted by molar-refractivity contribution is 7.13. The van der Waals surface area contributed by atoms with Gasteiger partial charge in [-0.2, -0.15) is 0 Å². The SMILES string of the molecule is CC(CC(=O)N1CCCC2C(C(=O)O)CCCC21)C(=N)c1c(N)cccc1-c1cccs1. The van der Waals surface area contributed by atoms with E-state index < -0.39 is 5.97 Å². The Kier molecular flexibility index (Phi) is 6.65. The number of likely N-dealkylation sites (tertiary alicyclic amines) is 1. The molecule has 4 rings (SSSR count). The molecule has 1 aromatic heterocycles. The first-order chi connectivity index (χ1) is 15.4. The Labute approximate surface area is 192 Å². The molecule has 7 heteroatoms. The molecule has 6 nitrogen and oxygen atoms in total. The number of rotatable bonds is 6. The maximum atomic E-state index is 13.3. The number of piperidine rings is 1. The molecule has 170 valence electrons. The Bertz CT molecular complexity index is 1000. The van der Waals surface area contributed by atoms with Crippen LogP contribution in [0.25, 0.3) is 10.4 Å². The summed E-state index contributed by atoms with van der Waals surface area (Å²) in [6.45, 7) is 2.59. The number of nitrogens with one attached hydrogen (secondary N) is 1. The summed E-state index contributed by atoms with van der Waals surface area (Å²) in [5.41, 5.74) is 8.84. The molecule has 1 saturated carbocycles. The standard InChI is InChI=1S/C25H31N3O3S/c1-15(24(27)23-18(7-2-9-19(23)26)21-11-5-13-32-21)14-22(29)28-12-4-8-16-17(25(30)31)6-3-10-20(16)28/h2,5,7,9,11,13,15-17,20,27H,3-4,6,8,10,12,14,26H2,1H3,(H,30,31). The van der Waals surface area contributed by atoms with Crippen molar-refractivity contribution in [3.05, 3.63) is 41.3 Å². The Morgan fingerprint density at radius 3 is 2.75 bits per heavy atom. The van der Waals surface area contributed by atoms with Crippen LogP contribution in [0.4, 0.5) is 5.69 Å². The van der Waals surface area contributed by atoms with E-state index >= 15 is 0 Å². The number of hydrogen-bond acceptors (Lipinski definition) is 5. The number of carboxylic acids is 1. The molecule has 32 heavy (non-hydrogen) atoms. The largest absolute Gasteiger partial charge is 0.481 e. The van der Waals surface area contributed by atoms with Gasteiger partial charge in [-0.1, -0.05) is 31.5 Å². The van der Waals surface area contributed by atoms with E-state index in [0.29, 0.717) is 29.9 Å². The number of nitrogens with two attached hydrogens (primary N) is 1. The van der Waals surface area contributed by atoms with Gasteiger partial charge in [-0.05, 0) is 49.1 Å². The Hall–Kier alpha value is -2.67. The van der Waals surface area contributed by atoms with Gasteiger partial charge in [-0.3, -0.25) is 9.59 Å². The number of carbonyl (C=O) groups excluding carboxylic acids is 1. The Balaban J connectivity index is 1.51. The molecule has 4 N–H and O–H groups in total. The van der Waals surface area contributed by atoms with Gasteiger partial charge in [0.25, 0.3) is 0 Å². The predicted molar refractivity (Wildman–Crippen MR) is 128 cm³/mol. The lowest BCUT2D eigenvalue weighted by molar-refractivity contribution is -0.152. The lowest BCUT2D eigenvalue weighted by Gasteiger charge is -2.46. The third-order valence-electron chi connectivity index (χ3n) is 7.13. The smallest absolute Gasteiger partial charge is 0.306 e. The van der Waals surface area contributed by atoms with Crippen LogP contribution in [0.5, 0.6) is 0 Å². The second-order valence-electron chi connectivity index (χ2n) is 9.10. The summed E-state index contributed by atoms with van der Waals surface area (Å²) in [6, 6.07) is 9.68. The molecule has 1 aliphatic heterocycles. The molecule has 0 radical (unpaired) electrons. The number of carboxylic acid groups (broad SMARTS) is 1. The molecule has 1 amide bonds. The van der Waals surface area contributed by atoms with E-state index in [1.807, 2.05) is 41.5 Å². The fourth-order valence-electron chi connectivity index (χ4n) is 5.54. The third-order valence-corrected chi connectivity index (χ3v) is 8.03. The molecule has 4 atom stereocenters. The fourth-order valence-corrected chi connectivity index (χ4v) is 6.30. The Morgan fingerprint density at radius 2 is 2.03 bits per heavy atom. The minimum Gasteiger partial charge on any atom is -0.481 e. The summed E-state index contributed by atoms with van der Waals surface area (Å²) in [4.78, 5) is 28.0. The number of nitrogens with zero attached hydrogens (tertiary/aromatic N) is 1. The zero-order valence-electron chi connectivity index (χ0n) is 18.4. The van der Waals surface area contributed by atoms with Gasteiger partial charge in [0.2, 0.25) is 5.91 Å². The van der Waals surface area contributed by atoms with E-state index in [0.717, 1.165) is 36.1 Å². The summed E-state index contributed by atoms with van der Waals surface area (Å²) in [6.07, 6.45) is 4.38. The summed E-state index contributed by atoms with van der Waals surface area (Å²) in [5, 5.41) is 20.5. The van der Waals surface area contributed by atoms with Crippen molar-refractivity contribution in [3.63, 3.8) is 0 Å². The van der Waals surface area contributed by atoms with Crippen molar-refractivity contribution in [2.45, 2.75) is 51.5 Å². The highest BCUT2D eigenvalue weighted by atomic mass is 32.1. The molecule has 2 heterocycles.